The summed E-state index contributed by atoms with van der Waals surface area (Å²) in [7, 11) is 0. The predicted molar refractivity (Wildman–Crippen MR) is 89.5 cm³/mol. The Morgan fingerprint density at radius 1 is 1.09 bits per heavy atom. The summed E-state index contributed by atoms with van der Waals surface area (Å²) >= 11 is 0. The maximum atomic E-state index is 11.5. The largest absolute Gasteiger partial charge is 0.367 e. The van der Waals surface area contributed by atoms with Crippen molar-refractivity contribution in [3.05, 3.63) is 0 Å². The van der Waals surface area contributed by atoms with E-state index in [-0.39, 0.29) is 12.2 Å². The van der Waals surface area contributed by atoms with E-state index in [0.29, 0.717) is 0 Å². The van der Waals surface area contributed by atoms with Gasteiger partial charge in [0.1, 0.15) is 6.10 Å². The van der Waals surface area contributed by atoms with Gasteiger partial charge in [-0.1, -0.05) is 64.7 Å². The van der Waals surface area contributed by atoms with Crippen molar-refractivity contribution >= 4 is 5.91 Å². The molecule has 1 rings (SSSR count). The second-order valence-electron chi connectivity index (χ2n) is 6.44. The minimum Gasteiger partial charge on any atom is -0.367 e. The molecule has 0 aromatic heterocycles. The van der Waals surface area contributed by atoms with Crippen LogP contribution in [0.4, 0.5) is 0 Å². The maximum Gasteiger partial charge on any atom is 0.246 e. The first-order chi connectivity index (χ1) is 10.7. The zero-order chi connectivity index (χ0) is 16.0. The van der Waals surface area contributed by atoms with E-state index >= 15 is 0 Å². The SMILES string of the molecule is CCCCCCCCCCCC(OC1CCCCO1)C(N)=O. The van der Waals surface area contributed by atoms with Crippen molar-refractivity contribution in [1.82, 2.24) is 0 Å². The van der Waals surface area contributed by atoms with Crippen LogP contribution < -0.4 is 5.73 Å². The Hall–Kier alpha value is -0.610. The molecule has 2 atom stereocenters. The lowest BCUT2D eigenvalue weighted by Gasteiger charge is -2.26. The summed E-state index contributed by atoms with van der Waals surface area (Å²) in [5, 5.41) is 0. The average molecular weight is 313 g/mol. The van der Waals surface area contributed by atoms with Gasteiger partial charge in [0.15, 0.2) is 6.29 Å². The molecule has 1 fully saturated rings. The van der Waals surface area contributed by atoms with E-state index in [4.69, 9.17) is 15.2 Å². The Labute approximate surface area is 136 Å². The molecule has 1 saturated heterocycles. The molecule has 2 N–H and O–H groups in total. The quantitative estimate of drug-likeness (QED) is 0.515. The Balaban J connectivity index is 2.02. The van der Waals surface area contributed by atoms with E-state index in [9.17, 15) is 4.79 Å². The van der Waals surface area contributed by atoms with Gasteiger partial charge in [-0.3, -0.25) is 4.79 Å². The monoisotopic (exact) mass is 313 g/mol. The second kappa shape index (κ2) is 12.9. The van der Waals surface area contributed by atoms with E-state index in [0.717, 1.165) is 45.1 Å². The van der Waals surface area contributed by atoms with Crippen molar-refractivity contribution < 1.29 is 14.3 Å². The fourth-order valence-electron chi connectivity index (χ4n) is 2.92. The lowest BCUT2D eigenvalue weighted by atomic mass is 10.0. The number of unbranched alkanes of at least 4 members (excludes halogenated alkanes) is 8. The molecule has 0 radical (unpaired) electrons. The zero-order valence-corrected chi connectivity index (χ0v) is 14.4. The van der Waals surface area contributed by atoms with Crippen molar-refractivity contribution in [3.63, 3.8) is 0 Å². The van der Waals surface area contributed by atoms with Crippen LogP contribution in [-0.2, 0) is 14.3 Å². The predicted octanol–water partition coefficient (Wildman–Crippen LogP) is 4.30. The second-order valence-corrected chi connectivity index (χ2v) is 6.44. The highest BCUT2D eigenvalue weighted by Crippen LogP contribution is 2.18. The first-order valence-electron chi connectivity index (χ1n) is 9.30. The molecule has 130 valence electrons. The lowest BCUT2D eigenvalue weighted by molar-refractivity contribution is -0.192. The third kappa shape index (κ3) is 9.42. The third-order valence-corrected chi connectivity index (χ3v) is 4.34. The molecule has 4 heteroatoms. The van der Waals surface area contributed by atoms with Crippen molar-refractivity contribution in [3.8, 4) is 0 Å². The smallest absolute Gasteiger partial charge is 0.246 e. The molecular formula is C18H35NO3. The average Bonchev–Trinajstić information content (AvgIpc) is 2.53. The van der Waals surface area contributed by atoms with E-state index < -0.39 is 6.10 Å². The molecule has 0 aromatic carbocycles. The van der Waals surface area contributed by atoms with Crippen LogP contribution >= 0.6 is 0 Å². The van der Waals surface area contributed by atoms with Crippen LogP contribution in [0.1, 0.15) is 90.4 Å². The Kier molecular flexibility index (Phi) is 11.4. The molecule has 0 saturated carbocycles. The van der Waals surface area contributed by atoms with Gasteiger partial charge in [0.05, 0.1) is 0 Å². The molecule has 1 aliphatic rings. The molecule has 0 bridgehead atoms. The number of ether oxygens (including phenoxy) is 2. The number of hydrogen-bond acceptors (Lipinski definition) is 3. The van der Waals surface area contributed by atoms with Crippen LogP contribution in [0.5, 0.6) is 0 Å². The van der Waals surface area contributed by atoms with Crippen LogP contribution in [-0.4, -0.2) is 24.9 Å². The van der Waals surface area contributed by atoms with Gasteiger partial charge < -0.3 is 15.2 Å². The van der Waals surface area contributed by atoms with Gasteiger partial charge in [-0.25, -0.2) is 0 Å². The molecule has 1 heterocycles. The topological polar surface area (TPSA) is 61.6 Å². The minimum atomic E-state index is -0.479. The molecule has 0 aromatic rings. The number of carbonyl (C=O) groups is 1. The lowest BCUT2D eigenvalue weighted by Crippen LogP contribution is -2.36. The number of primary amides is 1. The number of carbonyl (C=O) groups excluding carboxylic acids is 1. The Morgan fingerprint density at radius 2 is 1.73 bits per heavy atom. The van der Waals surface area contributed by atoms with Crippen molar-refractivity contribution in [2.24, 2.45) is 5.73 Å². The van der Waals surface area contributed by atoms with E-state index in [2.05, 4.69) is 6.92 Å². The Morgan fingerprint density at radius 3 is 2.27 bits per heavy atom. The van der Waals surface area contributed by atoms with Gasteiger partial charge in [0.2, 0.25) is 5.91 Å². The summed E-state index contributed by atoms with van der Waals surface area (Å²) < 4.78 is 11.2. The van der Waals surface area contributed by atoms with E-state index in [1.165, 1.54) is 44.9 Å². The molecule has 0 spiro atoms. The van der Waals surface area contributed by atoms with Gasteiger partial charge in [0.25, 0.3) is 0 Å². The Bertz CT molecular complexity index is 278. The summed E-state index contributed by atoms with van der Waals surface area (Å²) in [6.45, 7) is 2.98. The summed E-state index contributed by atoms with van der Waals surface area (Å²) in [6.07, 6.45) is 14.5. The number of nitrogens with two attached hydrogens (primary N) is 1. The van der Waals surface area contributed by atoms with Gasteiger partial charge in [-0.05, 0) is 25.7 Å². The van der Waals surface area contributed by atoms with Crippen LogP contribution in [0.3, 0.4) is 0 Å². The van der Waals surface area contributed by atoms with Crippen LogP contribution in [0.2, 0.25) is 0 Å². The maximum absolute atomic E-state index is 11.5. The van der Waals surface area contributed by atoms with Crippen LogP contribution in [0, 0.1) is 0 Å². The molecule has 4 nitrogen and oxygen atoms in total. The van der Waals surface area contributed by atoms with E-state index in [1.807, 2.05) is 0 Å². The fraction of sp³-hybridized carbons (Fsp3) is 0.944. The first kappa shape index (κ1) is 19.4. The number of amides is 1. The first-order valence-corrected chi connectivity index (χ1v) is 9.30. The van der Waals surface area contributed by atoms with E-state index in [1.54, 1.807) is 0 Å². The standard InChI is InChI=1S/C18H35NO3/c1-2-3-4-5-6-7-8-9-10-13-16(18(19)20)22-17-14-11-12-15-21-17/h16-17H,2-15H2,1H3,(H2,19,20). The highest BCUT2D eigenvalue weighted by Gasteiger charge is 2.23. The number of rotatable bonds is 13. The molecule has 2 unspecified atom stereocenters. The van der Waals surface area contributed by atoms with Gasteiger partial charge in [0, 0.05) is 6.61 Å². The van der Waals surface area contributed by atoms with Gasteiger partial charge in [-0.15, -0.1) is 0 Å². The molecule has 1 amide bonds. The molecule has 22 heavy (non-hydrogen) atoms. The highest BCUT2D eigenvalue weighted by atomic mass is 16.7. The van der Waals surface area contributed by atoms with Gasteiger partial charge in [-0.2, -0.15) is 0 Å². The number of hydrogen-bond donors (Lipinski definition) is 1. The third-order valence-electron chi connectivity index (χ3n) is 4.34. The van der Waals surface area contributed by atoms with Crippen LogP contribution in [0.25, 0.3) is 0 Å². The summed E-state index contributed by atoms with van der Waals surface area (Å²) in [5.41, 5.74) is 5.44. The minimum absolute atomic E-state index is 0.232. The summed E-state index contributed by atoms with van der Waals surface area (Å²) in [6, 6.07) is 0. The van der Waals surface area contributed by atoms with Crippen LogP contribution in [0.15, 0.2) is 0 Å². The highest BCUT2D eigenvalue weighted by molar-refractivity contribution is 5.78. The molecular weight excluding hydrogens is 278 g/mol. The molecule has 1 aliphatic heterocycles. The summed E-state index contributed by atoms with van der Waals surface area (Å²) in [5.74, 6) is -0.353. The van der Waals surface area contributed by atoms with Crippen molar-refractivity contribution in [2.75, 3.05) is 6.61 Å². The zero-order valence-electron chi connectivity index (χ0n) is 14.4. The van der Waals surface area contributed by atoms with Gasteiger partial charge >= 0.3 is 0 Å². The molecule has 0 aliphatic carbocycles. The fourth-order valence-corrected chi connectivity index (χ4v) is 2.92. The normalized spacial score (nSPS) is 20.0. The summed E-state index contributed by atoms with van der Waals surface area (Å²) in [4.78, 5) is 11.5. The van der Waals surface area contributed by atoms with Crippen molar-refractivity contribution in [1.29, 1.82) is 0 Å². The van der Waals surface area contributed by atoms with Crippen molar-refractivity contribution in [2.45, 2.75) is 103 Å².